The molecule has 0 aromatic heterocycles. The van der Waals surface area contributed by atoms with Crippen LogP contribution in [-0.2, 0) is 11.2 Å². The molecule has 112 valence electrons. The number of nitrogens with zero attached hydrogens (tertiary/aromatic N) is 1. The number of nitrogens with two attached hydrogens (primary N) is 2. The predicted octanol–water partition coefficient (Wildman–Crippen LogP) is 2.48. The quantitative estimate of drug-likeness (QED) is 0.659. The van der Waals surface area contributed by atoms with Crippen molar-refractivity contribution in [3.05, 3.63) is 53.6 Å². The molecule has 1 aliphatic heterocycles. The second kappa shape index (κ2) is 5.85. The van der Waals surface area contributed by atoms with Gasteiger partial charge >= 0.3 is 0 Å². The van der Waals surface area contributed by atoms with E-state index in [2.05, 4.69) is 30.1 Å². The largest absolute Gasteiger partial charge is 0.370 e. The average Bonchev–Trinajstić information content (AvgIpc) is 2.91. The molecule has 1 aliphatic rings. The third kappa shape index (κ3) is 2.72. The Morgan fingerprint density at radius 2 is 1.86 bits per heavy atom. The van der Waals surface area contributed by atoms with Crippen molar-refractivity contribution < 1.29 is 4.79 Å². The zero-order valence-corrected chi connectivity index (χ0v) is 13.1. The van der Waals surface area contributed by atoms with Crippen LogP contribution in [0.3, 0.4) is 0 Å². The number of carbonyl (C=O) groups is 1. The van der Waals surface area contributed by atoms with Crippen LogP contribution in [0.15, 0.2) is 52.4 Å². The monoisotopic (exact) mass is 311 g/mol. The topological polar surface area (TPSA) is 81.5 Å². The van der Waals surface area contributed by atoms with Crippen LogP contribution in [0, 0.1) is 6.92 Å². The maximum Gasteiger partial charge on any atom is 0.262 e. The van der Waals surface area contributed by atoms with E-state index in [4.69, 9.17) is 11.5 Å². The normalized spacial score (nSPS) is 16.1. The minimum atomic E-state index is -0.267. The number of guanidine groups is 1. The number of carbonyl (C=O) groups excluding carboxylic acids is 1. The number of aliphatic imine (C=N–C) groups is 1. The van der Waals surface area contributed by atoms with E-state index in [1.165, 1.54) is 34.0 Å². The fourth-order valence-corrected chi connectivity index (χ4v) is 3.93. The summed E-state index contributed by atoms with van der Waals surface area (Å²) >= 11 is 1.53. The van der Waals surface area contributed by atoms with Crippen molar-refractivity contribution in [1.29, 1.82) is 0 Å². The number of hydrogen-bond donors (Lipinski definition) is 2. The number of rotatable bonds is 2. The van der Waals surface area contributed by atoms with Crippen molar-refractivity contribution in [2.75, 3.05) is 0 Å². The first kappa shape index (κ1) is 14.7. The van der Waals surface area contributed by atoms with E-state index in [1.807, 2.05) is 24.3 Å². The van der Waals surface area contributed by atoms with Crippen molar-refractivity contribution in [3.63, 3.8) is 0 Å². The summed E-state index contributed by atoms with van der Waals surface area (Å²) in [4.78, 5) is 16.9. The van der Waals surface area contributed by atoms with Gasteiger partial charge in [-0.25, -0.2) is 0 Å². The van der Waals surface area contributed by atoms with Crippen LogP contribution in [0.2, 0.25) is 0 Å². The molecule has 0 saturated heterocycles. The van der Waals surface area contributed by atoms with Gasteiger partial charge in [-0.1, -0.05) is 36.4 Å². The zero-order valence-electron chi connectivity index (χ0n) is 12.2. The highest BCUT2D eigenvalue weighted by molar-refractivity contribution is 8.01. The minimum Gasteiger partial charge on any atom is -0.370 e. The summed E-state index contributed by atoms with van der Waals surface area (Å²) < 4.78 is 0. The van der Waals surface area contributed by atoms with Crippen LogP contribution >= 0.6 is 11.8 Å². The van der Waals surface area contributed by atoms with Gasteiger partial charge in [-0.05, 0) is 41.7 Å². The van der Waals surface area contributed by atoms with Crippen LogP contribution in [0.25, 0.3) is 11.1 Å². The van der Waals surface area contributed by atoms with Crippen LogP contribution < -0.4 is 11.5 Å². The predicted molar refractivity (Wildman–Crippen MR) is 90.8 cm³/mol. The standard InChI is InChI=1S/C17H17N3OS/c1-10-5-2-3-6-11(10)12-7-4-8-14-13(12)9-15(22-14)16(21)20-17(18)19/h2-8,15H,9H2,1H3,(H4,18,19,20,21). The fraction of sp³-hybridized carbons (Fsp3) is 0.176. The van der Waals surface area contributed by atoms with Gasteiger partial charge in [-0.2, -0.15) is 4.99 Å². The summed E-state index contributed by atoms with van der Waals surface area (Å²) in [6.45, 7) is 2.10. The molecule has 0 radical (unpaired) electrons. The molecule has 0 spiro atoms. The van der Waals surface area contributed by atoms with E-state index < -0.39 is 0 Å². The van der Waals surface area contributed by atoms with Crippen LogP contribution in [0.4, 0.5) is 0 Å². The molecule has 1 heterocycles. The number of aryl methyl sites for hydroxylation is 1. The van der Waals surface area contributed by atoms with Gasteiger partial charge in [0, 0.05) is 4.90 Å². The number of fused-ring (bicyclic) bond motifs is 1. The Morgan fingerprint density at radius 1 is 1.14 bits per heavy atom. The zero-order chi connectivity index (χ0) is 15.7. The molecule has 5 heteroatoms. The van der Waals surface area contributed by atoms with Crippen molar-refractivity contribution in [2.45, 2.75) is 23.5 Å². The molecule has 22 heavy (non-hydrogen) atoms. The molecular formula is C17H17N3OS. The Bertz CT molecular complexity index is 766. The molecule has 0 saturated carbocycles. The second-order valence-corrected chi connectivity index (χ2v) is 6.53. The van der Waals surface area contributed by atoms with E-state index in [-0.39, 0.29) is 17.1 Å². The van der Waals surface area contributed by atoms with E-state index in [1.54, 1.807) is 0 Å². The van der Waals surface area contributed by atoms with Crippen LogP contribution in [0.1, 0.15) is 11.1 Å². The molecule has 3 rings (SSSR count). The first-order chi connectivity index (χ1) is 10.6. The maximum atomic E-state index is 12.1. The van der Waals surface area contributed by atoms with Crippen molar-refractivity contribution in [1.82, 2.24) is 0 Å². The number of hydrogen-bond acceptors (Lipinski definition) is 2. The highest BCUT2D eigenvalue weighted by Crippen LogP contribution is 2.42. The Hall–Kier alpha value is -2.27. The summed E-state index contributed by atoms with van der Waals surface area (Å²) in [6.07, 6.45) is 0.653. The summed E-state index contributed by atoms with van der Waals surface area (Å²) in [5.41, 5.74) is 15.4. The summed E-state index contributed by atoms with van der Waals surface area (Å²) in [5, 5.41) is -0.248. The van der Waals surface area contributed by atoms with E-state index in [0.29, 0.717) is 6.42 Å². The molecule has 2 aromatic carbocycles. The maximum absolute atomic E-state index is 12.1. The van der Waals surface area contributed by atoms with Gasteiger partial charge in [-0.3, -0.25) is 4.79 Å². The summed E-state index contributed by atoms with van der Waals surface area (Å²) in [6, 6.07) is 14.5. The number of benzene rings is 2. The fourth-order valence-electron chi connectivity index (χ4n) is 2.73. The second-order valence-electron chi connectivity index (χ2n) is 5.28. The highest BCUT2D eigenvalue weighted by atomic mass is 32.2. The molecule has 0 aliphatic carbocycles. The Labute approximate surface area is 133 Å². The van der Waals surface area contributed by atoms with Crippen molar-refractivity contribution in [2.24, 2.45) is 16.5 Å². The summed E-state index contributed by atoms with van der Waals surface area (Å²) in [5.74, 6) is -0.447. The molecular weight excluding hydrogens is 294 g/mol. The van der Waals surface area contributed by atoms with Gasteiger partial charge in [-0.15, -0.1) is 11.8 Å². The SMILES string of the molecule is Cc1ccccc1-c1cccc2c1CC(C(=O)N=C(N)N)S2. The van der Waals surface area contributed by atoms with Crippen molar-refractivity contribution in [3.8, 4) is 11.1 Å². The molecule has 4 nitrogen and oxygen atoms in total. The lowest BCUT2D eigenvalue weighted by Crippen LogP contribution is -2.27. The van der Waals surface area contributed by atoms with Crippen LogP contribution in [-0.4, -0.2) is 17.1 Å². The van der Waals surface area contributed by atoms with E-state index in [9.17, 15) is 4.79 Å². The first-order valence-corrected chi connectivity index (χ1v) is 7.92. The molecule has 1 unspecified atom stereocenters. The van der Waals surface area contributed by atoms with Gasteiger partial charge in [0.25, 0.3) is 5.91 Å². The van der Waals surface area contributed by atoms with Gasteiger partial charge in [0.15, 0.2) is 5.96 Å². The smallest absolute Gasteiger partial charge is 0.262 e. The molecule has 2 aromatic rings. The van der Waals surface area contributed by atoms with Crippen LogP contribution in [0.5, 0.6) is 0 Å². The lowest BCUT2D eigenvalue weighted by atomic mass is 9.94. The third-order valence-corrected chi connectivity index (χ3v) is 5.03. The molecule has 0 bridgehead atoms. The third-order valence-electron chi connectivity index (χ3n) is 3.74. The van der Waals surface area contributed by atoms with Gasteiger partial charge in [0.2, 0.25) is 0 Å². The first-order valence-electron chi connectivity index (χ1n) is 7.04. The Kier molecular flexibility index (Phi) is 3.90. The van der Waals surface area contributed by atoms with Gasteiger partial charge < -0.3 is 11.5 Å². The highest BCUT2D eigenvalue weighted by Gasteiger charge is 2.30. The summed E-state index contributed by atoms with van der Waals surface area (Å²) in [7, 11) is 0. The van der Waals surface area contributed by atoms with Gasteiger partial charge in [0.1, 0.15) is 0 Å². The van der Waals surface area contributed by atoms with E-state index in [0.717, 1.165) is 4.90 Å². The lowest BCUT2D eigenvalue weighted by Gasteiger charge is -2.10. The average molecular weight is 311 g/mol. The molecule has 1 amide bonds. The molecule has 4 N–H and O–H groups in total. The Balaban J connectivity index is 1.98. The van der Waals surface area contributed by atoms with E-state index >= 15 is 0 Å². The van der Waals surface area contributed by atoms with Crippen molar-refractivity contribution >= 4 is 23.6 Å². The molecule has 0 fully saturated rings. The number of thioether (sulfide) groups is 1. The Morgan fingerprint density at radius 3 is 2.59 bits per heavy atom. The lowest BCUT2D eigenvalue weighted by molar-refractivity contribution is -0.117. The van der Waals surface area contributed by atoms with Gasteiger partial charge in [0.05, 0.1) is 5.25 Å². The minimum absolute atomic E-state index is 0.180. The molecule has 1 atom stereocenters. The number of amides is 1.